The molecule has 1 N–H and O–H groups in total. The van der Waals surface area contributed by atoms with E-state index in [1.54, 1.807) is 12.4 Å². The van der Waals surface area contributed by atoms with Crippen molar-refractivity contribution in [3.63, 3.8) is 0 Å². The lowest BCUT2D eigenvalue weighted by Gasteiger charge is -2.10. The maximum Gasteiger partial charge on any atom is 0.151 e. The monoisotopic (exact) mass is 326 g/mol. The van der Waals surface area contributed by atoms with Gasteiger partial charge in [0.25, 0.3) is 0 Å². The fraction of sp³-hybridized carbons (Fsp3) is 0.222. The molecular weight excluding hydrogens is 310 g/mol. The zero-order valence-corrected chi connectivity index (χ0v) is 13.0. The molecule has 0 unspecified atom stereocenters. The predicted octanol–water partition coefficient (Wildman–Crippen LogP) is 3.96. The highest BCUT2D eigenvalue weighted by Crippen LogP contribution is 2.34. The van der Waals surface area contributed by atoms with Gasteiger partial charge in [0.2, 0.25) is 0 Å². The Kier molecular flexibility index (Phi) is 3.72. The molecule has 3 heterocycles. The van der Waals surface area contributed by atoms with Gasteiger partial charge in [-0.05, 0) is 43.5 Å². The number of hydrogen-bond donors (Lipinski definition) is 1. The summed E-state index contributed by atoms with van der Waals surface area (Å²) in [6.45, 7) is 0.800. The van der Waals surface area contributed by atoms with E-state index in [-0.39, 0.29) is 5.69 Å². The minimum absolute atomic E-state index is 0.234. The van der Waals surface area contributed by atoms with Crippen LogP contribution in [0.25, 0.3) is 16.9 Å². The molecule has 0 bridgehead atoms. The van der Waals surface area contributed by atoms with E-state index in [4.69, 9.17) is 0 Å². The Morgan fingerprint density at radius 1 is 1.12 bits per heavy atom. The van der Waals surface area contributed by atoms with E-state index in [2.05, 4.69) is 15.4 Å². The van der Waals surface area contributed by atoms with Crippen LogP contribution in [0, 0.1) is 11.6 Å². The van der Waals surface area contributed by atoms with Gasteiger partial charge < -0.3 is 5.32 Å². The van der Waals surface area contributed by atoms with Crippen molar-refractivity contribution < 1.29 is 8.78 Å². The molecule has 1 aliphatic rings. The highest BCUT2D eigenvalue weighted by atomic mass is 19.1. The molecule has 1 aliphatic heterocycles. The van der Waals surface area contributed by atoms with Crippen LogP contribution < -0.4 is 5.32 Å². The van der Waals surface area contributed by atoms with Gasteiger partial charge in [0.1, 0.15) is 17.3 Å². The van der Waals surface area contributed by atoms with E-state index in [0.717, 1.165) is 54.5 Å². The SMILES string of the molecule is Fc1ccc(-n2nc(-c3cccnc3)c3c2NCCCC3)c(F)c1. The van der Waals surface area contributed by atoms with Crippen molar-refractivity contribution in [2.24, 2.45) is 0 Å². The van der Waals surface area contributed by atoms with Crippen molar-refractivity contribution in [2.45, 2.75) is 19.3 Å². The predicted molar refractivity (Wildman–Crippen MR) is 88.1 cm³/mol. The number of aromatic nitrogens is 3. The van der Waals surface area contributed by atoms with Gasteiger partial charge in [0.05, 0.1) is 5.69 Å². The lowest BCUT2D eigenvalue weighted by atomic mass is 10.1. The first-order chi connectivity index (χ1) is 11.7. The first-order valence-electron chi connectivity index (χ1n) is 7.95. The third kappa shape index (κ3) is 2.54. The fourth-order valence-electron chi connectivity index (χ4n) is 3.06. The molecule has 4 nitrogen and oxygen atoms in total. The molecule has 0 fully saturated rings. The van der Waals surface area contributed by atoms with E-state index < -0.39 is 11.6 Å². The second kappa shape index (κ2) is 6.03. The van der Waals surface area contributed by atoms with Gasteiger partial charge in [-0.25, -0.2) is 13.5 Å². The first kappa shape index (κ1) is 14.8. The quantitative estimate of drug-likeness (QED) is 0.775. The van der Waals surface area contributed by atoms with Crippen molar-refractivity contribution in [1.29, 1.82) is 0 Å². The van der Waals surface area contributed by atoms with Crippen molar-refractivity contribution >= 4 is 5.82 Å². The number of benzene rings is 1. The van der Waals surface area contributed by atoms with Crippen molar-refractivity contribution in [3.8, 4) is 16.9 Å². The summed E-state index contributed by atoms with van der Waals surface area (Å²) in [7, 11) is 0. The third-order valence-electron chi connectivity index (χ3n) is 4.20. The maximum atomic E-state index is 14.3. The third-order valence-corrected chi connectivity index (χ3v) is 4.20. The summed E-state index contributed by atoms with van der Waals surface area (Å²) in [5.74, 6) is -0.462. The topological polar surface area (TPSA) is 42.7 Å². The van der Waals surface area contributed by atoms with Gasteiger partial charge in [-0.1, -0.05) is 0 Å². The summed E-state index contributed by atoms with van der Waals surface area (Å²) >= 11 is 0. The Hall–Kier alpha value is -2.76. The Labute approximate surface area is 138 Å². The van der Waals surface area contributed by atoms with Gasteiger partial charge in [-0.2, -0.15) is 5.10 Å². The summed E-state index contributed by atoms with van der Waals surface area (Å²) in [5.41, 5.74) is 2.95. The van der Waals surface area contributed by atoms with Crippen LogP contribution in [0.2, 0.25) is 0 Å². The fourth-order valence-corrected chi connectivity index (χ4v) is 3.06. The van der Waals surface area contributed by atoms with Gasteiger partial charge in [0, 0.05) is 36.1 Å². The second-order valence-corrected chi connectivity index (χ2v) is 5.81. The molecule has 0 amide bonds. The normalized spacial score (nSPS) is 13.9. The summed E-state index contributed by atoms with van der Waals surface area (Å²) in [6.07, 6.45) is 6.38. The van der Waals surface area contributed by atoms with Gasteiger partial charge in [-0.15, -0.1) is 0 Å². The summed E-state index contributed by atoms with van der Waals surface area (Å²) < 4.78 is 29.1. The van der Waals surface area contributed by atoms with Crippen LogP contribution in [0.3, 0.4) is 0 Å². The van der Waals surface area contributed by atoms with E-state index in [1.807, 2.05) is 12.1 Å². The zero-order valence-electron chi connectivity index (χ0n) is 13.0. The number of halogens is 2. The van der Waals surface area contributed by atoms with Crippen LogP contribution in [0.5, 0.6) is 0 Å². The number of rotatable bonds is 2. The molecule has 0 spiro atoms. The molecule has 2 aromatic heterocycles. The minimum Gasteiger partial charge on any atom is -0.370 e. The molecule has 24 heavy (non-hydrogen) atoms. The molecule has 0 saturated carbocycles. The number of pyridine rings is 1. The smallest absolute Gasteiger partial charge is 0.151 e. The van der Waals surface area contributed by atoms with Crippen LogP contribution in [0.15, 0.2) is 42.7 Å². The summed E-state index contributed by atoms with van der Waals surface area (Å²) in [4.78, 5) is 4.15. The molecule has 0 saturated heterocycles. The van der Waals surface area contributed by atoms with Crippen molar-refractivity contribution in [1.82, 2.24) is 14.8 Å². The van der Waals surface area contributed by atoms with Crippen LogP contribution in [-0.2, 0) is 6.42 Å². The van der Waals surface area contributed by atoms with Crippen molar-refractivity contribution in [3.05, 3.63) is 59.9 Å². The van der Waals surface area contributed by atoms with E-state index in [0.29, 0.717) is 0 Å². The summed E-state index contributed by atoms with van der Waals surface area (Å²) in [6, 6.07) is 7.32. The number of hydrogen-bond acceptors (Lipinski definition) is 3. The van der Waals surface area contributed by atoms with Crippen molar-refractivity contribution in [2.75, 3.05) is 11.9 Å². The number of nitrogens with one attached hydrogen (secondary N) is 1. The minimum atomic E-state index is -0.635. The van der Waals surface area contributed by atoms with Crippen LogP contribution in [0.4, 0.5) is 14.6 Å². The number of anilines is 1. The van der Waals surface area contributed by atoms with E-state index in [1.165, 1.54) is 16.8 Å². The molecule has 0 aliphatic carbocycles. The van der Waals surface area contributed by atoms with E-state index >= 15 is 0 Å². The molecule has 6 heteroatoms. The number of fused-ring (bicyclic) bond motifs is 1. The molecular formula is C18H16F2N4. The van der Waals surface area contributed by atoms with Gasteiger partial charge in [0.15, 0.2) is 5.82 Å². The lowest BCUT2D eigenvalue weighted by Crippen LogP contribution is -2.08. The molecule has 4 rings (SSSR count). The average molecular weight is 326 g/mol. The highest BCUT2D eigenvalue weighted by molar-refractivity contribution is 5.70. The largest absolute Gasteiger partial charge is 0.370 e. The molecule has 1 aromatic carbocycles. The summed E-state index contributed by atoms with van der Waals surface area (Å²) in [5, 5.41) is 7.96. The molecule has 0 radical (unpaired) electrons. The molecule has 0 atom stereocenters. The van der Waals surface area contributed by atoms with Gasteiger partial charge in [-0.3, -0.25) is 4.98 Å². The van der Waals surface area contributed by atoms with Gasteiger partial charge >= 0.3 is 0 Å². The van der Waals surface area contributed by atoms with Crippen LogP contribution >= 0.6 is 0 Å². The Morgan fingerprint density at radius 3 is 2.83 bits per heavy atom. The first-order valence-corrected chi connectivity index (χ1v) is 7.95. The maximum absolute atomic E-state index is 14.3. The van der Waals surface area contributed by atoms with Crippen LogP contribution in [-0.4, -0.2) is 21.3 Å². The number of nitrogens with zero attached hydrogens (tertiary/aromatic N) is 3. The average Bonchev–Trinajstić information content (AvgIpc) is 2.78. The molecule has 122 valence electrons. The van der Waals surface area contributed by atoms with E-state index in [9.17, 15) is 8.78 Å². The molecule has 3 aromatic rings. The lowest BCUT2D eigenvalue weighted by molar-refractivity contribution is 0.574. The Balaban J connectivity index is 1.93. The highest BCUT2D eigenvalue weighted by Gasteiger charge is 2.23. The Bertz CT molecular complexity index is 874. The van der Waals surface area contributed by atoms with Crippen LogP contribution in [0.1, 0.15) is 18.4 Å². The second-order valence-electron chi connectivity index (χ2n) is 5.81. The zero-order chi connectivity index (χ0) is 16.5. The standard InChI is InChI=1S/C18H16F2N4/c19-13-6-7-16(15(20)10-13)24-18-14(5-1-2-9-22-18)17(23-24)12-4-3-8-21-11-12/h3-4,6-8,10-11,22H,1-2,5,9H2. The Morgan fingerprint density at radius 2 is 2.04 bits per heavy atom.